The van der Waals surface area contributed by atoms with Crippen molar-refractivity contribution in [3.8, 4) is 5.75 Å². The topological polar surface area (TPSA) is 87.9 Å². The van der Waals surface area contributed by atoms with Crippen LogP contribution >= 0.6 is 24.0 Å². The first-order chi connectivity index (χ1) is 12.6. The Kier molecular flexibility index (Phi) is 10.2. The summed E-state index contributed by atoms with van der Waals surface area (Å²) in [5, 5.41) is 8.46. The van der Waals surface area contributed by atoms with Crippen LogP contribution in [0.1, 0.15) is 11.3 Å². The lowest BCUT2D eigenvalue weighted by Crippen LogP contribution is -2.42. The van der Waals surface area contributed by atoms with E-state index in [4.69, 9.17) is 4.42 Å². The minimum atomic E-state index is -2.90. The summed E-state index contributed by atoms with van der Waals surface area (Å²) < 4.78 is 34.4. The van der Waals surface area contributed by atoms with Gasteiger partial charge in [0.25, 0.3) is 0 Å². The molecule has 0 aliphatic carbocycles. The van der Waals surface area contributed by atoms with Crippen LogP contribution in [0.15, 0.2) is 52.1 Å². The molecule has 1 aromatic heterocycles. The largest absolute Gasteiger partial charge is 0.467 e. The molecule has 27 heavy (non-hydrogen) atoms. The van der Waals surface area contributed by atoms with Crippen LogP contribution in [0.25, 0.3) is 0 Å². The Morgan fingerprint density at radius 3 is 2.59 bits per heavy atom. The normalized spacial score (nSPS) is 10.9. The molecular weight excluding hydrogens is 473 g/mol. The standard InChI is InChI=1S/C17H20F2N4O3.HI/c1-20-17(23-11-15(24)21-10-13-6-4-8-25-13)22-9-12-5-2-3-7-14(12)26-16(18)19;/h2-8,16H,9-11H2,1H3,(H,21,24)(H2,20,22,23);1H. The molecule has 0 aliphatic heterocycles. The Bertz CT molecular complexity index is 727. The summed E-state index contributed by atoms with van der Waals surface area (Å²) in [6.45, 7) is -2.41. The number of amides is 1. The van der Waals surface area contributed by atoms with Crippen molar-refractivity contribution in [2.75, 3.05) is 13.6 Å². The van der Waals surface area contributed by atoms with Crippen LogP contribution in [-0.4, -0.2) is 32.1 Å². The highest BCUT2D eigenvalue weighted by molar-refractivity contribution is 14.0. The molecule has 0 fully saturated rings. The van der Waals surface area contributed by atoms with E-state index in [1.54, 1.807) is 30.3 Å². The molecule has 1 heterocycles. The predicted molar refractivity (Wildman–Crippen MR) is 107 cm³/mol. The molecule has 0 unspecified atom stereocenters. The number of hydrogen-bond acceptors (Lipinski definition) is 4. The maximum absolute atomic E-state index is 12.4. The van der Waals surface area contributed by atoms with Crippen LogP contribution in [0.3, 0.4) is 0 Å². The zero-order valence-corrected chi connectivity index (χ0v) is 16.9. The van der Waals surface area contributed by atoms with Crippen molar-refractivity contribution in [2.24, 2.45) is 4.99 Å². The van der Waals surface area contributed by atoms with E-state index in [2.05, 4.69) is 25.7 Å². The number of carbonyl (C=O) groups excluding carboxylic acids is 1. The van der Waals surface area contributed by atoms with Crippen LogP contribution in [0.2, 0.25) is 0 Å². The summed E-state index contributed by atoms with van der Waals surface area (Å²) in [5.41, 5.74) is 0.540. The lowest BCUT2D eigenvalue weighted by molar-refractivity contribution is -0.120. The van der Waals surface area contributed by atoms with Gasteiger partial charge >= 0.3 is 6.61 Å². The van der Waals surface area contributed by atoms with Crippen molar-refractivity contribution >= 4 is 35.8 Å². The Morgan fingerprint density at radius 2 is 1.93 bits per heavy atom. The molecule has 148 valence electrons. The number of nitrogens with zero attached hydrogens (tertiary/aromatic N) is 1. The SMILES string of the molecule is CN=C(NCC(=O)NCc1ccco1)NCc1ccccc1OC(F)F.I. The Hall–Kier alpha value is -2.37. The minimum absolute atomic E-state index is 0. The van der Waals surface area contributed by atoms with Crippen molar-refractivity contribution in [3.05, 3.63) is 54.0 Å². The first kappa shape index (κ1) is 22.7. The molecule has 0 aliphatic rings. The first-order valence-corrected chi connectivity index (χ1v) is 7.85. The summed E-state index contributed by atoms with van der Waals surface area (Å²) in [6.07, 6.45) is 1.53. The van der Waals surface area contributed by atoms with Crippen LogP contribution in [0, 0.1) is 0 Å². The van der Waals surface area contributed by atoms with E-state index < -0.39 is 6.61 Å². The molecular formula is C17H21F2IN4O3. The smallest absolute Gasteiger partial charge is 0.387 e. The molecule has 0 saturated carbocycles. The fourth-order valence-corrected chi connectivity index (χ4v) is 2.09. The van der Waals surface area contributed by atoms with Crippen LogP contribution in [0.5, 0.6) is 5.75 Å². The quantitative estimate of drug-likeness (QED) is 0.298. The summed E-state index contributed by atoms with van der Waals surface area (Å²) in [5.74, 6) is 0.842. The summed E-state index contributed by atoms with van der Waals surface area (Å²) >= 11 is 0. The number of halogens is 3. The van der Waals surface area contributed by atoms with E-state index >= 15 is 0 Å². The van der Waals surface area contributed by atoms with E-state index in [-0.39, 0.29) is 55.3 Å². The second kappa shape index (κ2) is 12.1. The second-order valence-corrected chi connectivity index (χ2v) is 5.12. The Labute approximate surface area is 172 Å². The molecule has 3 N–H and O–H groups in total. The first-order valence-electron chi connectivity index (χ1n) is 7.85. The number of para-hydroxylation sites is 1. The third-order valence-electron chi connectivity index (χ3n) is 3.31. The number of nitrogens with one attached hydrogen (secondary N) is 3. The van der Waals surface area contributed by atoms with Gasteiger partial charge in [-0.2, -0.15) is 8.78 Å². The van der Waals surface area contributed by atoms with Gasteiger partial charge in [0.2, 0.25) is 5.91 Å². The molecule has 2 rings (SSSR count). The lowest BCUT2D eigenvalue weighted by atomic mass is 10.2. The molecule has 0 radical (unpaired) electrons. The zero-order valence-electron chi connectivity index (χ0n) is 14.6. The summed E-state index contributed by atoms with van der Waals surface area (Å²) in [7, 11) is 1.54. The number of hydrogen-bond donors (Lipinski definition) is 3. The molecule has 0 atom stereocenters. The number of benzene rings is 1. The summed E-state index contributed by atoms with van der Waals surface area (Å²) in [4.78, 5) is 15.8. The fraction of sp³-hybridized carbons (Fsp3) is 0.294. The van der Waals surface area contributed by atoms with Gasteiger partial charge in [-0.15, -0.1) is 24.0 Å². The van der Waals surface area contributed by atoms with Crippen LogP contribution in [-0.2, 0) is 17.9 Å². The van der Waals surface area contributed by atoms with E-state index in [0.717, 1.165) is 0 Å². The number of guanidine groups is 1. The van der Waals surface area contributed by atoms with Crippen molar-refractivity contribution in [1.82, 2.24) is 16.0 Å². The number of carbonyl (C=O) groups is 1. The highest BCUT2D eigenvalue weighted by Crippen LogP contribution is 2.19. The molecule has 10 heteroatoms. The predicted octanol–water partition coefficient (Wildman–Crippen LogP) is 2.48. The second-order valence-electron chi connectivity index (χ2n) is 5.12. The maximum Gasteiger partial charge on any atom is 0.387 e. The van der Waals surface area contributed by atoms with Gasteiger partial charge in [0, 0.05) is 19.2 Å². The number of rotatable bonds is 8. The van der Waals surface area contributed by atoms with Gasteiger partial charge in [-0.1, -0.05) is 18.2 Å². The number of aliphatic imine (C=N–C) groups is 1. The van der Waals surface area contributed by atoms with E-state index in [1.807, 2.05) is 0 Å². The third-order valence-corrected chi connectivity index (χ3v) is 3.31. The number of alkyl halides is 2. The Morgan fingerprint density at radius 1 is 1.15 bits per heavy atom. The molecule has 0 saturated heterocycles. The molecule has 1 aromatic carbocycles. The third kappa shape index (κ3) is 8.24. The van der Waals surface area contributed by atoms with Crippen molar-refractivity contribution in [2.45, 2.75) is 19.7 Å². The zero-order chi connectivity index (χ0) is 18.8. The van der Waals surface area contributed by atoms with Gasteiger partial charge in [-0.05, 0) is 18.2 Å². The van der Waals surface area contributed by atoms with Gasteiger partial charge in [-0.25, -0.2) is 0 Å². The van der Waals surface area contributed by atoms with Crippen molar-refractivity contribution in [1.29, 1.82) is 0 Å². The highest BCUT2D eigenvalue weighted by Gasteiger charge is 2.10. The monoisotopic (exact) mass is 494 g/mol. The van der Waals surface area contributed by atoms with Gasteiger partial charge < -0.3 is 25.1 Å². The number of furan rings is 1. The minimum Gasteiger partial charge on any atom is -0.467 e. The van der Waals surface area contributed by atoms with Crippen LogP contribution in [0.4, 0.5) is 8.78 Å². The van der Waals surface area contributed by atoms with Gasteiger partial charge in [0.05, 0.1) is 19.4 Å². The molecule has 2 aromatic rings. The van der Waals surface area contributed by atoms with Gasteiger partial charge in [0.15, 0.2) is 5.96 Å². The number of ether oxygens (including phenoxy) is 1. The van der Waals surface area contributed by atoms with E-state index in [0.29, 0.717) is 17.3 Å². The Balaban J connectivity index is 0.00000364. The molecule has 1 amide bonds. The lowest BCUT2D eigenvalue weighted by Gasteiger charge is -2.14. The maximum atomic E-state index is 12.4. The molecule has 7 nitrogen and oxygen atoms in total. The van der Waals surface area contributed by atoms with Gasteiger partial charge in [-0.3, -0.25) is 9.79 Å². The van der Waals surface area contributed by atoms with Crippen molar-refractivity contribution in [3.63, 3.8) is 0 Å². The summed E-state index contributed by atoms with van der Waals surface area (Å²) in [6, 6.07) is 9.94. The molecule has 0 spiro atoms. The fourth-order valence-electron chi connectivity index (χ4n) is 2.09. The average molecular weight is 494 g/mol. The highest BCUT2D eigenvalue weighted by atomic mass is 127. The average Bonchev–Trinajstić information content (AvgIpc) is 3.14. The van der Waals surface area contributed by atoms with Crippen LogP contribution < -0.4 is 20.7 Å². The van der Waals surface area contributed by atoms with E-state index in [1.165, 1.54) is 19.4 Å². The molecule has 0 bridgehead atoms. The van der Waals surface area contributed by atoms with Crippen molar-refractivity contribution < 1.29 is 22.7 Å². The van der Waals surface area contributed by atoms with Gasteiger partial charge in [0.1, 0.15) is 11.5 Å². The van der Waals surface area contributed by atoms with E-state index in [9.17, 15) is 13.6 Å².